The molecule has 1 aromatic rings. The molecule has 0 saturated carbocycles. The van der Waals surface area contributed by atoms with Crippen LogP contribution in [0.15, 0.2) is 12.1 Å². The fraction of sp³-hybridized carbons (Fsp3) is 0.417. The van der Waals surface area contributed by atoms with Gasteiger partial charge in [-0.25, -0.2) is 0 Å². The average Bonchev–Trinajstić information content (AvgIpc) is 1.99. The zero-order valence-corrected chi connectivity index (χ0v) is 9.79. The van der Waals surface area contributed by atoms with Crippen molar-refractivity contribution in [2.75, 3.05) is 18.5 Å². The van der Waals surface area contributed by atoms with E-state index in [1.807, 2.05) is 25.8 Å². The first kappa shape index (κ1) is 11.6. The summed E-state index contributed by atoms with van der Waals surface area (Å²) in [5.74, 6) is -0.308. The van der Waals surface area contributed by atoms with Crippen molar-refractivity contribution in [1.82, 2.24) is 0 Å². The Kier molecular flexibility index (Phi) is 3.35. The van der Waals surface area contributed by atoms with Crippen molar-refractivity contribution >= 4 is 11.6 Å². The molecule has 0 fully saturated rings. The normalized spacial score (nSPS) is 10.1. The number of nitrogens with zero attached hydrogens (tertiary/aromatic N) is 1. The lowest BCUT2D eigenvalue weighted by atomic mass is 10.0. The number of nitrogens with two attached hydrogens (primary N) is 1. The first-order valence-electron chi connectivity index (χ1n) is 4.99. The van der Waals surface area contributed by atoms with Gasteiger partial charge >= 0.3 is 0 Å². The van der Waals surface area contributed by atoms with E-state index in [-0.39, 0.29) is 12.5 Å². The highest BCUT2D eigenvalue weighted by Crippen LogP contribution is 2.24. The van der Waals surface area contributed by atoms with Gasteiger partial charge in [-0.1, -0.05) is 17.7 Å². The summed E-state index contributed by atoms with van der Waals surface area (Å²) in [7, 11) is 1.88. The van der Waals surface area contributed by atoms with Crippen LogP contribution in [0.1, 0.15) is 16.7 Å². The Morgan fingerprint density at radius 2 is 1.73 bits per heavy atom. The van der Waals surface area contributed by atoms with E-state index in [1.165, 1.54) is 16.7 Å². The molecule has 3 nitrogen and oxygen atoms in total. The zero-order valence-electron chi connectivity index (χ0n) is 9.79. The number of benzene rings is 1. The standard InChI is InChI=1S/C12H18N2O/c1-8-5-9(2)12(10(3)6-8)14(4)7-11(13)15/h5-6H,7H2,1-4H3,(H2,13,15). The molecule has 0 unspecified atom stereocenters. The van der Waals surface area contributed by atoms with E-state index in [9.17, 15) is 4.79 Å². The van der Waals surface area contributed by atoms with E-state index >= 15 is 0 Å². The molecule has 0 heterocycles. The second kappa shape index (κ2) is 4.34. The van der Waals surface area contributed by atoms with Crippen molar-refractivity contribution in [2.24, 2.45) is 5.73 Å². The first-order chi connectivity index (χ1) is 6.91. The molecule has 82 valence electrons. The number of hydrogen-bond acceptors (Lipinski definition) is 2. The van der Waals surface area contributed by atoms with E-state index in [2.05, 4.69) is 19.1 Å². The smallest absolute Gasteiger partial charge is 0.236 e. The van der Waals surface area contributed by atoms with E-state index in [0.717, 1.165) is 5.69 Å². The van der Waals surface area contributed by atoms with Gasteiger partial charge in [-0.3, -0.25) is 4.79 Å². The van der Waals surface area contributed by atoms with E-state index in [1.54, 1.807) is 0 Å². The number of carbonyl (C=O) groups excluding carboxylic acids is 1. The lowest BCUT2D eigenvalue weighted by Gasteiger charge is -2.22. The maximum atomic E-state index is 10.9. The minimum Gasteiger partial charge on any atom is -0.368 e. The van der Waals surface area contributed by atoms with Crippen LogP contribution in [0.2, 0.25) is 0 Å². The van der Waals surface area contributed by atoms with Gasteiger partial charge in [0.2, 0.25) is 5.91 Å². The maximum absolute atomic E-state index is 10.9. The molecule has 0 aromatic heterocycles. The van der Waals surface area contributed by atoms with Crippen LogP contribution in [-0.2, 0) is 4.79 Å². The number of primary amides is 1. The molecule has 0 saturated heterocycles. The quantitative estimate of drug-likeness (QED) is 0.815. The van der Waals surface area contributed by atoms with Gasteiger partial charge in [0, 0.05) is 12.7 Å². The molecule has 3 heteroatoms. The summed E-state index contributed by atoms with van der Waals surface area (Å²) < 4.78 is 0. The van der Waals surface area contributed by atoms with Crippen LogP contribution < -0.4 is 10.6 Å². The molecule has 15 heavy (non-hydrogen) atoms. The van der Waals surface area contributed by atoms with E-state index in [4.69, 9.17) is 5.73 Å². The second-order valence-corrected chi connectivity index (χ2v) is 4.07. The van der Waals surface area contributed by atoms with Crippen LogP contribution in [0.25, 0.3) is 0 Å². The highest BCUT2D eigenvalue weighted by molar-refractivity contribution is 5.80. The molecule has 0 aliphatic rings. The number of likely N-dealkylation sites (N-methyl/N-ethyl adjacent to an activating group) is 1. The van der Waals surface area contributed by atoms with Crippen LogP contribution in [0.4, 0.5) is 5.69 Å². The van der Waals surface area contributed by atoms with Gasteiger partial charge in [-0.05, 0) is 31.9 Å². The van der Waals surface area contributed by atoms with Crippen molar-refractivity contribution in [2.45, 2.75) is 20.8 Å². The van der Waals surface area contributed by atoms with Gasteiger partial charge in [0.1, 0.15) is 0 Å². The maximum Gasteiger partial charge on any atom is 0.236 e. The van der Waals surface area contributed by atoms with Crippen LogP contribution in [0.3, 0.4) is 0 Å². The third-order valence-corrected chi connectivity index (χ3v) is 2.41. The molecule has 1 amide bonds. The number of carbonyl (C=O) groups is 1. The van der Waals surface area contributed by atoms with Crippen molar-refractivity contribution in [3.05, 3.63) is 28.8 Å². The summed E-state index contributed by atoms with van der Waals surface area (Å²) in [4.78, 5) is 12.7. The van der Waals surface area contributed by atoms with Gasteiger partial charge < -0.3 is 10.6 Å². The molecule has 0 bridgehead atoms. The van der Waals surface area contributed by atoms with Crippen LogP contribution in [0, 0.1) is 20.8 Å². The topological polar surface area (TPSA) is 46.3 Å². The number of rotatable bonds is 3. The summed E-state index contributed by atoms with van der Waals surface area (Å²) in [5, 5.41) is 0. The molecule has 2 N–H and O–H groups in total. The van der Waals surface area contributed by atoms with E-state index in [0.29, 0.717) is 0 Å². The summed E-state index contributed by atoms with van der Waals surface area (Å²) in [6.07, 6.45) is 0. The fourth-order valence-electron chi connectivity index (χ4n) is 2.09. The molecule has 0 aliphatic carbocycles. The first-order valence-corrected chi connectivity index (χ1v) is 4.99. The van der Waals surface area contributed by atoms with Gasteiger partial charge in [-0.2, -0.15) is 0 Å². The Morgan fingerprint density at radius 1 is 1.27 bits per heavy atom. The highest BCUT2D eigenvalue weighted by Gasteiger charge is 2.10. The van der Waals surface area contributed by atoms with Crippen LogP contribution in [0.5, 0.6) is 0 Å². The zero-order chi connectivity index (χ0) is 11.6. The second-order valence-electron chi connectivity index (χ2n) is 4.07. The van der Waals surface area contributed by atoms with Crippen molar-refractivity contribution in [3.8, 4) is 0 Å². The number of amides is 1. The lowest BCUT2D eigenvalue weighted by molar-refractivity contribution is -0.116. The van der Waals surface area contributed by atoms with Crippen molar-refractivity contribution < 1.29 is 4.79 Å². The molecule has 0 radical (unpaired) electrons. The molecular formula is C12H18N2O. The number of aryl methyl sites for hydroxylation is 3. The predicted octanol–water partition coefficient (Wildman–Crippen LogP) is 1.53. The summed E-state index contributed by atoms with van der Waals surface area (Å²) in [5.41, 5.74) is 9.87. The Labute approximate surface area is 90.9 Å². The monoisotopic (exact) mass is 206 g/mol. The minimum atomic E-state index is -0.308. The summed E-state index contributed by atoms with van der Waals surface area (Å²) in [6.45, 7) is 6.42. The Bertz CT molecular complexity index is 362. The van der Waals surface area contributed by atoms with Gasteiger partial charge in [0.15, 0.2) is 0 Å². The third-order valence-electron chi connectivity index (χ3n) is 2.41. The van der Waals surface area contributed by atoms with Crippen molar-refractivity contribution in [3.63, 3.8) is 0 Å². The van der Waals surface area contributed by atoms with Gasteiger partial charge in [0.05, 0.1) is 6.54 Å². The van der Waals surface area contributed by atoms with Crippen LogP contribution in [-0.4, -0.2) is 19.5 Å². The molecule has 0 aliphatic heterocycles. The average molecular weight is 206 g/mol. The largest absolute Gasteiger partial charge is 0.368 e. The molecule has 0 atom stereocenters. The summed E-state index contributed by atoms with van der Waals surface area (Å²) >= 11 is 0. The SMILES string of the molecule is Cc1cc(C)c(N(C)CC(N)=O)c(C)c1. The Hall–Kier alpha value is -1.51. The molecule has 0 spiro atoms. The molecular weight excluding hydrogens is 188 g/mol. The van der Waals surface area contributed by atoms with Crippen molar-refractivity contribution in [1.29, 1.82) is 0 Å². The number of anilines is 1. The van der Waals surface area contributed by atoms with Crippen LogP contribution >= 0.6 is 0 Å². The predicted molar refractivity (Wildman–Crippen MR) is 63.1 cm³/mol. The molecule has 1 rings (SSSR count). The number of hydrogen-bond donors (Lipinski definition) is 1. The third kappa shape index (κ3) is 2.72. The lowest BCUT2D eigenvalue weighted by Crippen LogP contribution is -2.31. The molecule has 1 aromatic carbocycles. The minimum absolute atomic E-state index is 0.255. The van der Waals surface area contributed by atoms with E-state index < -0.39 is 0 Å². The Morgan fingerprint density at radius 3 is 2.13 bits per heavy atom. The summed E-state index contributed by atoms with van der Waals surface area (Å²) in [6, 6.07) is 4.22. The van der Waals surface area contributed by atoms with Gasteiger partial charge in [-0.15, -0.1) is 0 Å². The van der Waals surface area contributed by atoms with Gasteiger partial charge in [0.25, 0.3) is 0 Å². The highest BCUT2D eigenvalue weighted by atomic mass is 16.1. The Balaban J connectivity index is 3.08. The fourth-order valence-corrected chi connectivity index (χ4v) is 2.09.